The molecule has 1 N–H and O–H groups in total. The summed E-state index contributed by atoms with van der Waals surface area (Å²) >= 11 is 0. The maximum atomic E-state index is 12.5. The average molecular weight is 423 g/mol. The third kappa shape index (κ3) is 5.50. The zero-order valence-electron chi connectivity index (χ0n) is 15.9. The van der Waals surface area contributed by atoms with Crippen LogP contribution in [0.4, 0.5) is 13.2 Å². The molecule has 1 amide bonds. The van der Waals surface area contributed by atoms with Crippen LogP contribution >= 0.6 is 0 Å². The average Bonchev–Trinajstić information content (AvgIpc) is 3.27. The van der Waals surface area contributed by atoms with Gasteiger partial charge in [0.1, 0.15) is 0 Å². The number of carboxylic acids is 1. The number of aliphatic carboxylic acids is 1. The van der Waals surface area contributed by atoms with Crippen molar-refractivity contribution in [1.82, 2.24) is 25.0 Å². The number of rotatable bonds is 3. The van der Waals surface area contributed by atoms with Gasteiger partial charge in [-0.2, -0.15) is 23.4 Å². The molecule has 4 heterocycles. The molecular weight excluding hydrogens is 403 g/mol. The van der Waals surface area contributed by atoms with Crippen LogP contribution in [0.3, 0.4) is 0 Å². The molecule has 11 heteroatoms. The minimum absolute atomic E-state index is 0.0770. The molecule has 2 saturated heterocycles. The van der Waals surface area contributed by atoms with Crippen molar-refractivity contribution in [3.05, 3.63) is 54.1 Å². The van der Waals surface area contributed by atoms with E-state index in [2.05, 4.69) is 26.1 Å². The van der Waals surface area contributed by atoms with Crippen molar-refractivity contribution in [2.75, 3.05) is 26.2 Å². The molecule has 2 aromatic heterocycles. The summed E-state index contributed by atoms with van der Waals surface area (Å²) in [5.41, 5.74) is 1.88. The van der Waals surface area contributed by atoms with Gasteiger partial charge in [-0.25, -0.2) is 4.79 Å². The first kappa shape index (κ1) is 21.6. The summed E-state index contributed by atoms with van der Waals surface area (Å²) < 4.78 is 31.7. The van der Waals surface area contributed by atoms with Gasteiger partial charge in [0, 0.05) is 45.1 Å². The molecule has 2 fully saturated rings. The van der Waals surface area contributed by atoms with Gasteiger partial charge in [-0.1, -0.05) is 6.07 Å². The van der Waals surface area contributed by atoms with Crippen LogP contribution < -0.4 is 0 Å². The lowest BCUT2D eigenvalue weighted by Crippen LogP contribution is -2.33. The van der Waals surface area contributed by atoms with Gasteiger partial charge in [-0.3, -0.25) is 14.7 Å². The van der Waals surface area contributed by atoms with Crippen LogP contribution in [0.15, 0.2) is 43.0 Å². The molecule has 0 unspecified atom stereocenters. The van der Waals surface area contributed by atoms with Crippen molar-refractivity contribution < 1.29 is 27.9 Å². The van der Waals surface area contributed by atoms with Crippen LogP contribution in [0.1, 0.15) is 15.9 Å². The summed E-state index contributed by atoms with van der Waals surface area (Å²) in [6.45, 7) is 4.74. The summed E-state index contributed by atoms with van der Waals surface area (Å²) in [6.07, 6.45) is 1.77. The van der Waals surface area contributed by atoms with E-state index in [1.807, 2.05) is 17.2 Å². The zero-order valence-corrected chi connectivity index (χ0v) is 15.9. The number of fused-ring (bicyclic) bond motifs is 1. The molecule has 0 aromatic carbocycles. The molecule has 2 aliphatic heterocycles. The minimum Gasteiger partial charge on any atom is -0.475 e. The number of carbonyl (C=O) groups is 2. The van der Waals surface area contributed by atoms with E-state index in [0.717, 1.165) is 32.7 Å². The van der Waals surface area contributed by atoms with Crippen LogP contribution in [-0.4, -0.2) is 74.3 Å². The van der Waals surface area contributed by atoms with Crippen molar-refractivity contribution in [3.8, 4) is 0 Å². The van der Waals surface area contributed by atoms with Gasteiger partial charge < -0.3 is 10.0 Å². The highest BCUT2D eigenvalue weighted by molar-refractivity contribution is 5.94. The van der Waals surface area contributed by atoms with Crippen molar-refractivity contribution in [3.63, 3.8) is 0 Å². The summed E-state index contributed by atoms with van der Waals surface area (Å²) in [6, 6.07) is 5.83. The first-order valence-corrected chi connectivity index (χ1v) is 9.21. The second-order valence-corrected chi connectivity index (χ2v) is 7.22. The Morgan fingerprint density at radius 1 is 1.03 bits per heavy atom. The van der Waals surface area contributed by atoms with E-state index in [0.29, 0.717) is 17.4 Å². The standard InChI is InChI=1S/C17H19N5O.C2HF3O2/c23-17(14-3-5-19-20-7-14)22-11-15-9-21(10-16(15)12-22)8-13-2-1-4-18-6-13;3-2(4,5)1(6)7/h1-7,15-16H,8-12H2;(H,6,7)/t15-,16+;. The Bertz CT molecular complexity index is 853. The number of nitrogens with zero attached hydrogens (tertiary/aromatic N) is 5. The number of carbonyl (C=O) groups excluding carboxylic acids is 1. The van der Waals surface area contributed by atoms with Gasteiger partial charge in [-0.15, -0.1) is 0 Å². The monoisotopic (exact) mass is 423 g/mol. The van der Waals surface area contributed by atoms with Gasteiger partial charge in [0.25, 0.3) is 5.91 Å². The van der Waals surface area contributed by atoms with Crippen molar-refractivity contribution >= 4 is 11.9 Å². The van der Waals surface area contributed by atoms with E-state index in [1.165, 1.54) is 5.56 Å². The molecule has 2 aromatic rings. The Balaban J connectivity index is 0.000000318. The molecule has 8 nitrogen and oxygen atoms in total. The fourth-order valence-corrected chi connectivity index (χ4v) is 3.73. The molecule has 2 atom stereocenters. The summed E-state index contributed by atoms with van der Waals surface area (Å²) in [5.74, 6) is -1.53. The van der Waals surface area contributed by atoms with Crippen LogP contribution in [0.2, 0.25) is 0 Å². The Hall–Kier alpha value is -3.08. The lowest BCUT2D eigenvalue weighted by molar-refractivity contribution is -0.192. The van der Waals surface area contributed by atoms with Gasteiger partial charge >= 0.3 is 12.1 Å². The molecule has 0 bridgehead atoms. The minimum atomic E-state index is -5.08. The van der Waals surface area contributed by atoms with Gasteiger partial charge in [0.2, 0.25) is 0 Å². The van der Waals surface area contributed by atoms with E-state index in [9.17, 15) is 18.0 Å². The third-order valence-corrected chi connectivity index (χ3v) is 5.05. The summed E-state index contributed by atoms with van der Waals surface area (Å²) in [5, 5.41) is 14.7. The van der Waals surface area contributed by atoms with Crippen LogP contribution in [-0.2, 0) is 11.3 Å². The summed E-state index contributed by atoms with van der Waals surface area (Å²) in [7, 11) is 0. The van der Waals surface area contributed by atoms with Crippen LogP contribution in [0.25, 0.3) is 0 Å². The Labute approximate surface area is 170 Å². The molecule has 30 heavy (non-hydrogen) atoms. The number of halogens is 3. The number of likely N-dealkylation sites (tertiary alicyclic amines) is 2. The fraction of sp³-hybridized carbons (Fsp3) is 0.421. The fourth-order valence-electron chi connectivity index (χ4n) is 3.73. The largest absolute Gasteiger partial charge is 0.490 e. The molecule has 0 aliphatic carbocycles. The van der Waals surface area contributed by atoms with Crippen molar-refractivity contribution in [2.24, 2.45) is 11.8 Å². The molecule has 4 rings (SSSR count). The van der Waals surface area contributed by atoms with Crippen molar-refractivity contribution in [2.45, 2.75) is 12.7 Å². The maximum Gasteiger partial charge on any atom is 0.490 e. The van der Waals surface area contributed by atoms with Gasteiger partial charge in [0.15, 0.2) is 0 Å². The highest BCUT2D eigenvalue weighted by Crippen LogP contribution is 2.32. The molecule has 0 spiro atoms. The van der Waals surface area contributed by atoms with E-state index in [4.69, 9.17) is 9.90 Å². The maximum absolute atomic E-state index is 12.5. The molecule has 160 valence electrons. The Kier molecular flexibility index (Phi) is 6.60. The zero-order chi connectivity index (χ0) is 21.7. The lowest BCUT2D eigenvalue weighted by Gasteiger charge is -2.21. The summed E-state index contributed by atoms with van der Waals surface area (Å²) in [4.78, 5) is 30.0. The quantitative estimate of drug-likeness (QED) is 0.802. The number of pyridine rings is 1. The van der Waals surface area contributed by atoms with Crippen LogP contribution in [0, 0.1) is 11.8 Å². The number of carboxylic acid groups (broad SMARTS) is 1. The predicted octanol–water partition coefficient (Wildman–Crippen LogP) is 1.71. The van der Waals surface area contributed by atoms with Crippen molar-refractivity contribution in [1.29, 1.82) is 0 Å². The second-order valence-electron chi connectivity index (χ2n) is 7.22. The van der Waals surface area contributed by atoms with E-state index in [1.54, 1.807) is 24.7 Å². The van der Waals surface area contributed by atoms with Gasteiger partial charge in [0.05, 0.1) is 18.0 Å². The number of hydrogen-bond donors (Lipinski definition) is 1. The first-order valence-electron chi connectivity index (χ1n) is 9.21. The number of amides is 1. The normalized spacial score (nSPS) is 21.0. The third-order valence-electron chi connectivity index (χ3n) is 5.05. The van der Waals surface area contributed by atoms with E-state index < -0.39 is 12.1 Å². The highest BCUT2D eigenvalue weighted by Gasteiger charge is 2.41. The molecule has 0 saturated carbocycles. The predicted molar refractivity (Wildman–Crippen MR) is 98.1 cm³/mol. The first-order chi connectivity index (χ1) is 14.2. The lowest BCUT2D eigenvalue weighted by atomic mass is 10.0. The number of hydrogen-bond acceptors (Lipinski definition) is 6. The molecule has 2 aliphatic rings. The van der Waals surface area contributed by atoms with E-state index >= 15 is 0 Å². The SMILES string of the molecule is O=C(O)C(F)(F)F.O=C(c1ccnnc1)N1C[C@H]2CN(Cc3cccnc3)C[C@H]2C1. The second kappa shape index (κ2) is 9.16. The molecular formula is C19H20F3N5O3. The van der Waals surface area contributed by atoms with Crippen LogP contribution in [0.5, 0.6) is 0 Å². The topological polar surface area (TPSA) is 99.5 Å². The van der Waals surface area contributed by atoms with Gasteiger partial charge in [-0.05, 0) is 29.5 Å². The Morgan fingerprint density at radius 3 is 2.20 bits per heavy atom. The molecule has 0 radical (unpaired) electrons. The smallest absolute Gasteiger partial charge is 0.475 e. The van der Waals surface area contributed by atoms with E-state index in [-0.39, 0.29) is 5.91 Å². The number of alkyl halides is 3. The highest BCUT2D eigenvalue weighted by atomic mass is 19.4. The number of aromatic nitrogens is 3. The Morgan fingerprint density at radius 2 is 1.70 bits per heavy atom.